The lowest BCUT2D eigenvalue weighted by atomic mass is 9.96. The molecule has 0 aliphatic carbocycles. The number of hydrogen-bond donors (Lipinski definition) is 1. The van der Waals surface area contributed by atoms with Gasteiger partial charge in [-0.2, -0.15) is 0 Å². The van der Waals surface area contributed by atoms with Gasteiger partial charge in [0.25, 0.3) is 0 Å². The van der Waals surface area contributed by atoms with Crippen molar-refractivity contribution in [1.29, 1.82) is 0 Å². The zero-order valence-corrected chi connectivity index (χ0v) is 17.1. The van der Waals surface area contributed by atoms with E-state index in [4.69, 9.17) is 0 Å². The second-order valence-corrected chi connectivity index (χ2v) is 8.63. The maximum absolute atomic E-state index is 11.6. The molecule has 140 valence electrons. The van der Waals surface area contributed by atoms with Crippen LogP contribution in [-0.2, 0) is 9.84 Å². The summed E-state index contributed by atoms with van der Waals surface area (Å²) in [5.74, 6) is 0.681. The highest BCUT2D eigenvalue weighted by Gasteiger charge is 2.22. The summed E-state index contributed by atoms with van der Waals surface area (Å²) in [4.78, 5) is 2.92. The van der Waals surface area contributed by atoms with E-state index in [1.807, 2.05) is 12.1 Å². The third-order valence-electron chi connectivity index (χ3n) is 4.30. The van der Waals surface area contributed by atoms with Gasteiger partial charge in [-0.15, -0.1) is 24.8 Å². The van der Waals surface area contributed by atoms with Crippen molar-refractivity contribution >= 4 is 34.7 Å². The third-order valence-corrected chi connectivity index (χ3v) is 5.43. The Labute approximate surface area is 159 Å². The Morgan fingerprint density at radius 2 is 1.58 bits per heavy atom. The van der Waals surface area contributed by atoms with Gasteiger partial charge in [0.1, 0.15) is 0 Å². The molecule has 1 atom stereocenters. The summed E-state index contributed by atoms with van der Waals surface area (Å²) in [7, 11) is -3.12. The van der Waals surface area contributed by atoms with Gasteiger partial charge >= 0.3 is 0 Å². The van der Waals surface area contributed by atoms with Gasteiger partial charge in [-0.3, -0.25) is 4.90 Å². The molecule has 7 heteroatoms. The van der Waals surface area contributed by atoms with Gasteiger partial charge in [0.05, 0.1) is 4.90 Å². The van der Waals surface area contributed by atoms with E-state index in [2.05, 4.69) is 24.1 Å². The number of halogens is 2. The Morgan fingerprint density at radius 1 is 1.04 bits per heavy atom. The van der Waals surface area contributed by atoms with E-state index in [-0.39, 0.29) is 24.8 Å². The fraction of sp³-hybridized carbons (Fsp3) is 0.647. The standard InChI is InChI=1S/C17H28N2O2S.2ClH/c1-14(2)4-9-17(19-12-10-18-11-13-19)15-5-7-16(8-6-15)22(3,20)21;;/h5-8,14,17-18H,4,9-13H2,1-3H3;2*1H/t17-;;/m1../s1. The molecule has 0 amide bonds. The van der Waals surface area contributed by atoms with E-state index in [0.29, 0.717) is 16.9 Å². The van der Waals surface area contributed by atoms with Crippen molar-refractivity contribution < 1.29 is 8.42 Å². The molecule has 0 spiro atoms. The topological polar surface area (TPSA) is 49.4 Å². The van der Waals surface area contributed by atoms with E-state index in [0.717, 1.165) is 32.6 Å². The summed E-state index contributed by atoms with van der Waals surface area (Å²) in [6.07, 6.45) is 3.56. The Bertz CT molecular complexity index is 571. The van der Waals surface area contributed by atoms with Crippen LogP contribution in [-0.4, -0.2) is 45.8 Å². The van der Waals surface area contributed by atoms with Crippen molar-refractivity contribution in [2.75, 3.05) is 32.4 Å². The van der Waals surface area contributed by atoms with Crippen LogP contribution in [0.15, 0.2) is 29.2 Å². The van der Waals surface area contributed by atoms with E-state index in [1.54, 1.807) is 12.1 Å². The van der Waals surface area contributed by atoms with Gasteiger partial charge in [-0.25, -0.2) is 8.42 Å². The van der Waals surface area contributed by atoms with Gasteiger partial charge in [0, 0.05) is 38.5 Å². The Balaban J connectivity index is 0.00000264. The van der Waals surface area contributed by atoms with Crippen molar-refractivity contribution in [3.63, 3.8) is 0 Å². The molecule has 1 heterocycles. The predicted octanol–water partition coefficient (Wildman–Crippen LogP) is 3.32. The van der Waals surface area contributed by atoms with Crippen LogP contribution < -0.4 is 5.32 Å². The number of rotatable bonds is 6. The van der Waals surface area contributed by atoms with E-state index >= 15 is 0 Å². The minimum absolute atomic E-state index is 0. The van der Waals surface area contributed by atoms with Crippen LogP contribution in [0.1, 0.15) is 38.3 Å². The van der Waals surface area contributed by atoms with Gasteiger partial charge in [0.2, 0.25) is 0 Å². The summed E-state index contributed by atoms with van der Waals surface area (Å²) in [5, 5.41) is 3.39. The molecule has 24 heavy (non-hydrogen) atoms. The molecule has 1 fully saturated rings. The van der Waals surface area contributed by atoms with Gasteiger partial charge in [0.15, 0.2) is 9.84 Å². The average Bonchev–Trinajstić information content (AvgIpc) is 2.48. The van der Waals surface area contributed by atoms with Crippen molar-refractivity contribution in [1.82, 2.24) is 10.2 Å². The molecule has 4 nitrogen and oxygen atoms in total. The fourth-order valence-corrected chi connectivity index (χ4v) is 3.61. The Morgan fingerprint density at radius 3 is 2.04 bits per heavy atom. The maximum Gasteiger partial charge on any atom is 0.175 e. The molecule has 0 unspecified atom stereocenters. The summed E-state index contributed by atoms with van der Waals surface area (Å²) >= 11 is 0. The van der Waals surface area contributed by atoms with Gasteiger partial charge in [-0.05, 0) is 36.5 Å². The molecule has 0 radical (unpaired) electrons. The molecular formula is C17H30Cl2N2O2S. The third kappa shape index (κ3) is 6.89. The van der Waals surface area contributed by atoms with E-state index in [9.17, 15) is 8.42 Å². The Hall–Kier alpha value is -0.330. The van der Waals surface area contributed by atoms with Crippen molar-refractivity contribution in [2.24, 2.45) is 5.92 Å². The summed E-state index contributed by atoms with van der Waals surface area (Å²) in [6.45, 7) is 8.66. The number of benzene rings is 1. The first kappa shape index (κ1) is 23.7. The molecule has 1 aromatic rings. The van der Waals surface area contributed by atoms with Gasteiger partial charge in [-0.1, -0.05) is 26.0 Å². The first-order chi connectivity index (χ1) is 10.4. The molecular weight excluding hydrogens is 367 g/mol. The summed E-state index contributed by atoms with van der Waals surface area (Å²) in [6, 6.07) is 7.86. The lowest BCUT2D eigenvalue weighted by Crippen LogP contribution is -2.45. The number of sulfone groups is 1. The first-order valence-electron chi connectivity index (χ1n) is 8.12. The predicted molar refractivity (Wildman–Crippen MR) is 105 cm³/mol. The average molecular weight is 397 g/mol. The lowest BCUT2D eigenvalue weighted by Gasteiger charge is -2.35. The maximum atomic E-state index is 11.6. The molecule has 0 aromatic heterocycles. The number of hydrogen-bond acceptors (Lipinski definition) is 4. The fourth-order valence-electron chi connectivity index (χ4n) is 2.98. The van der Waals surface area contributed by atoms with Crippen LogP contribution in [0.5, 0.6) is 0 Å². The van der Waals surface area contributed by atoms with E-state index in [1.165, 1.54) is 18.2 Å². The number of piperazine rings is 1. The molecule has 1 aliphatic rings. The number of nitrogens with zero attached hydrogens (tertiary/aromatic N) is 1. The molecule has 1 N–H and O–H groups in total. The van der Waals surface area contributed by atoms with E-state index < -0.39 is 9.84 Å². The van der Waals surface area contributed by atoms with Crippen molar-refractivity contribution in [3.05, 3.63) is 29.8 Å². The number of nitrogens with one attached hydrogen (secondary N) is 1. The second kappa shape index (κ2) is 10.6. The Kier molecular flexibility index (Phi) is 10.5. The van der Waals surface area contributed by atoms with Crippen LogP contribution in [0.2, 0.25) is 0 Å². The quantitative estimate of drug-likeness (QED) is 0.800. The normalized spacial score (nSPS) is 17.0. The molecule has 1 saturated heterocycles. The van der Waals surface area contributed by atoms with Crippen molar-refractivity contribution in [3.8, 4) is 0 Å². The van der Waals surface area contributed by atoms with Crippen LogP contribution in [0.3, 0.4) is 0 Å². The smallest absolute Gasteiger partial charge is 0.175 e. The molecule has 1 aliphatic heterocycles. The zero-order chi connectivity index (χ0) is 16.2. The van der Waals surface area contributed by atoms with Crippen molar-refractivity contribution in [2.45, 2.75) is 37.6 Å². The minimum Gasteiger partial charge on any atom is -0.314 e. The second-order valence-electron chi connectivity index (χ2n) is 6.61. The highest BCUT2D eigenvalue weighted by atomic mass is 35.5. The zero-order valence-electron chi connectivity index (χ0n) is 14.7. The van der Waals surface area contributed by atoms with Crippen LogP contribution in [0, 0.1) is 5.92 Å². The minimum atomic E-state index is -3.12. The summed E-state index contributed by atoms with van der Waals surface area (Å²) < 4.78 is 23.2. The SMILES string of the molecule is CC(C)CC[C@H](c1ccc(S(C)(=O)=O)cc1)N1CCNCC1.Cl.Cl. The highest BCUT2D eigenvalue weighted by molar-refractivity contribution is 7.90. The molecule has 1 aromatic carbocycles. The first-order valence-corrected chi connectivity index (χ1v) is 10.0. The monoisotopic (exact) mass is 396 g/mol. The molecule has 0 bridgehead atoms. The van der Waals surface area contributed by atoms with Gasteiger partial charge < -0.3 is 5.32 Å². The summed E-state index contributed by atoms with van der Waals surface area (Å²) in [5.41, 5.74) is 1.23. The van der Waals surface area contributed by atoms with Crippen LogP contribution >= 0.6 is 24.8 Å². The van der Waals surface area contributed by atoms with Crippen LogP contribution in [0.4, 0.5) is 0 Å². The largest absolute Gasteiger partial charge is 0.314 e. The molecule has 0 saturated carbocycles. The highest BCUT2D eigenvalue weighted by Crippen LogP contribution is 2.28. The lowest BCUT2D eigenvalue weighted by molar-refractivity contribution is 0.160. The molecule has 2 rings (SSSR count). The van der Waals surface area contributed by atoms with Crippen LogP contribution in [0.25, 0.3) is 0 Å².